The number of anilines is 1. The molecule has 1 aliphatic heterocycles. The molecule has 1 saturated carbocycles. The Morgan fingerprint density at radius 3 is 2.62 bits per heavy atom. The number of halogens is 1. The van der Waals surface area contributed by atoms with E-state index < -0.39 is 10.8 Å². The number of allylic oxidation sites excluding steroid dienone is 1. The van der Waals surface area contributed by atoms with Gasteiger partial charge in [-0.2, -0.15) is 0 Å². The Balaban J connectivity index is 0.965. The Hall–Kier alpha value is -4.86. The molecular formula is C43H48ClN7O6S. The highest BCUT2D eigenvalue weighted by atomic mass is 35.5. The number of aromatic amines is 1. The van der Waals surface area contributed by atoms with Crippen LogP contribution in [-0.4, -0.2) is 89.9 Å². The summed E-state index contributed by atoms with van der Waals surface area (Å²) in [7, 11) is 1.58. The Morgan fingerprint density at radius 2 is 1.86 bits per heavy atom. The van der Waals surface area contributed by atoms with Gasteiger partial charge in [0.25, 0.3) is 5.91 Å². The van der Waals surface area contributed by atoms with E-state index >= 15 is 0 Å². The maximum Gasteiger partial charge on any atom is 0.324 e. The van der Waals surface area contributed by atoms with E-state index in [0.717, 1.165) is 79.3 Å². The molecule has 0 unspecified atom stereocenters. The second-order valence-corrected chi connectivity index (χ2v) is 16.7. The number of carbonyl (C=O) groups is 1. The molecule has 3 aliphatic rings. The van der Waals surface area contributed by atoms with E-state index in [2.05, 4.69) is 36.6 Å². The Morgan fingerprint density at radius 1 is 1.03 bits per heavy atom. The number of fused-ring (bicyclic) bond motifs is 1. The lowest BCUT2D eigenvalue weighted by atomic mass is 9.59. The van der Waals surface area contributed by atoms with Crippen molar-refractivity contribution < 1.29 is 23.9 Å². The van der Waals surface area contributed by atoms with E-state index in [9.17, 15) is 14.9 Å². The molecule has 304 valence electrons. The average Bonchev–Trinajstić information content (AvgIpc) is 3.87. The molecule has 8 rings (SSSR count). The van der Waals surface area contributed by atoms with Crippen molar-refractivity contribution >= 4 is 57.6 Å². The molecule has 3 aromatic heterocycles. The van der Waals surface area contributed by atoms with Crippen molar-refractivity contribution in [1.82, 2.24) is 24.2 Å². The lowest BCUT2D eigenvalue weighted by molar-refractivity contribution is -0.392. The number of hydrogen-bond donors (Lipinski definition) is 2. The zero-order chi connectivity index (χ0) is 40.1. The maximum absolute atomic E-state index is 13.8. The van der Waals surface area contributed by atoms with Gasteiger partial charge in [-0.15, -0.1) is 0 Å². The summed E-state index contributed by atoms with van der Waals surface area (Å²) in [6.45, 7) is 5.85. The van der Waals surface area contributed by atoms with Gasteiger partial charge >= 0.3 is 5.82 Å². The number of benzene rings is 2. The first-order chi connectivity index (χ1) is 28.3. The summed E-state index contributed by atoms with van der Waals surface area (Å²) in [6.07, 6.45) is 12.7. The summed E-state index contributed by atoms with van der Waals surface area (Å²) in [4.78, 5) is 38.1. The monoisotopic (exact) mass is 825 g/mol. The number of aromatic nitrogens is 3. The van der Waals surface area contributed by atoms with Crippen LogP contribution in [0, 0.1) is 15.5 Å². The third kappa shape index (κ3) is 9.21. The number of H-pyrrole nitrogens is 1. The number of pyridine rings is 1. The highest BCUT2D eigenvalue weighted by Crippen LogP contribution is 2.55. The number of nitrogens with zero attached hydrogens (tertiary/aromatic N) is 5. The second kappa shape index (κ2) is 18.0. The summed E-state index contributed by atoms with van der Waals surface area (Å²) in [5, 5.41) is 13.4. The highest BCUT2D eigenvalue weighted by Gasteiger charge is 2.41. The second-order valence-electron chi connectivity index (χ2n) is 15.4. The fourth-order valence-electron chi connectivity index (χ4n) is 8.33. The van der Waals surface area contributed by atoms with Crippen LogP contribution in [0.4, 0.5) is 11.5 Å². The van der Waals surface area contributed by atoms with Gasteiger partial charge < -0.3 is 34.2 Å². The predicted octanol–water partition coefficient (Wildman–Crippen LogP) is 8.75. The molecule has 2 N–H and O–H groups in total. The van der Waals surface area contributed by atoms with Crippen LogP contribution in [0.2, 0.25) is 5.02 Å². The van der Waals surface area contributed by atoms with Crippen LogP contribution in [0.5, 0.6) is 11.5 Å². The summed E-state index contributed by atoms with van der Waals surface area (Å²) < 4.78 is 21.3. The maximum atomic E-state index is 13.8. The van der Waals surface area contributed by atoms with Gasteiger partial charge in [0.1, 0.15) is 29.9 Å². The molecule has 0 bridgehead atoms. The standard InChI is InChI=1S/C43H48ClN7O6S/c1-55-21-22-56-20-19-50-29-36(25-40(50)51(53)54)58-47-42(52)37-8-7-34(24-39(37)57-35-23-31-10-14-45-41(31)46-27-35)49-17-15-48(16-18-49)28-32-9-13-43(11-2-12-43)26-38(32)30-3-5-33(44)6-4-30/h3-8,10,14,23-25,27,29H,2,9,11-13,15-22,26,28H2,1H3,(H,45,46)(H,47,52). The summed E-state index contributed by atoms with van der Waals surface area (Å²) in [5.74, 6) is 0.396. The molecule has 2 fully saturated rings. The molecule has 13 nitrogen and oxygen atoms in total. The Kier molecular flexibility index (Phi) is 12.4. The fraction of sp³-hybridized carbons (Fsp3) is 0.395. The van der Waals surface area contributed by atoms with Gasteiger partial charge in [0.2, 0.25) is 0 Å². The number of nitro groups is 1. The first kappa shape index (κ1) is 39.9. The third-order valence-electron chi connectivity index (χ3n) is 11.7. The van der Waals surface area contributed by atoms with Crippen LogP contribution >= 0.6 is 23.5 Å². The largest absolute Gasteiger partial charge is 0.455 e. The molecule has 5 aromatic rings. The Labute approximate surface area is 347 Å². The van der Waals surface area contributed by atoms with Gasteiger partial charge in [-0.3, -0.25) is 14.4 Å². The summed E-state index contributed by atoms with van der Waals surface area (Å²) in [6, 6.07) is 19.3. The molecule has 4 heterocycles. The number of ether oxygens (including phenoxy) is 3. The molecular weight excluding hydrogens is 778 g/mol. The van der Waals surface area contributed by atoms with Gasteiger partial charge in [-0.1, -0.05) is 35.7 Å². The third-order valence-corrected chi connectivity index (χ3v) is 12.7. The van der Waals surface area contributed by atoms with Crippen molar-refractivity contribution in [3.63, 3.8) is 0 Å². The first-order valence-electron chi connectivity index (χ1n) is 19.8. The molecule has 2 aliphatic carbocycles. The van der Waals surface area contributed by atoms with Crippen LogP contribution in [0.1, 0.15) is 54.4 Å². The molecule has 1 amide bonds. The lowest BCUT2D eigenvalue weighted by Crippen LogP contribution is -2.47. The van der Waals surface area contributed by atoms with Crippen LogP contribution in [0.3, 0.4) is 0 Å². The Bertz CT molecular complexity index is 2280. The fourth-order valence-corrected chi connectivity index (χ4v) is 9.12. The number of amides is 1. The molecule has 2 aromatic carbocycles. The topological polar surface area (TPSA) is 140 Å². The molecule has 0 radical (unpaired) electrons. The van der Waals surface area contributed by atoms with E-state index in [-0.39, 0.29) is 19.0 Å². The van der Waals surface area contributed by atoms with Crippen molar-refractivity contribution in [3.8, 4) is 11.5 Å². The molecule has 0 atom stereocenters. The van der Waals surface area contributed by atoms with E-state index in [1.54, 1.807) is 31.1 Å². The van der Waals surface area contributed by atoms with Gasteiger partial charge in [0.05, 0.1) is 42.5 Å². The number of nitrogens with one attached hydrogen (secondary N) is 2. The minimum Gasteiger partial charge on any atom is -0.455 e. The van der Waals surface area contributed by atoms with E-state index in [1.165, 1.54) is 47.5 Å². The lowest BCUT2D eigenvalue weighted by Gasteiger charge is -2.47. The quantitative estimate of drug-likeness (QED) is 0.0430. The summed E-state index contributed by atoms with van der Waals surface area (Å²) >= 11 is 7.29. The predicted molar refractivity (Wildman–Crippen MR) is 227 cm³/mol. The van der Waals surface area contributed by atoms with Gasteiger partial charge in [0, 0.05) is 68.2 Å². The van der Waals surface area contributed by atoms with Crippen LogP contribution in [-0.2, 0) is 16.0 Å². The zero-order valence-corrected chi connectivity index (χ0v) is 34.2. The molecule has 1 saturated heterocycles. The van der Waals surface area contributed by atoms with Crippen molar-refractivity contribution in [2.45, 2.75) is 50.0 Å². The summed E-state index contributed by atoms with van der Waals surface area (Å²) in [5.41, 5.74) is 6.89. The minimum absolute atomic E-state index is 0.0901. The number of carbonyl (C=O) groups excluding carboxylic acids is 1. The number of piperazine rings is 1. The van der Waals surface area contributed by atoms with Gasteiger partial charge in [-0.05, 0) is 102 Å². The van der Waals surface area contributed by atoms with Crippen LogP contribution in [0.25, 0.3) is 16.6 Å². The number of hydrogen-bond acceptors (Lipinski definition) is 10. The van der Waals surface area contributed by atoms with Crippen LogP contribution in [0.15, 0.2) is 89.7 Å². The molecule has 15 heteroatoms. The van der Waals surface area contributed by atoms with Gasteiger partial charge in [0.15, 0.2) is 0 Å². The average molecular weight is 826 g/mol. The molecule has 1 spiro atoms. The minimum atomic E-state index is -0.448. The van der Waals surface area contributed by atoms with E-state index in [0.29, 0.717) is 40.6 Å². The smallest absolute Gasteiger partial charge is 0.324 e. The highest BCUT2D eigenvalue weighted by molar-refractivity contribution is 7.98. The van der Waals surface area contributed by atoms with Crippen molar-refractivity contribution in [2.24, 2.45) is 5.41 Å². The number of rotatable bonds is 16. The normalized spacial score (nSPS) is 16.8. The van der Waals surface area contributed by atoms with E-state index in [1.807, 2.05) is 42.6 Å². The SMILES string of the molecule is COCCOCCn1cc(SNC(=O)c2ccc(N3CCN(CC4=C(c5ccc(Cl)cc5)CC5(CCC5)CC4)CC3)cc2Oc2cnc3[nH]ccc3c2)cc1[N+](=O)[O-]. The van der Waals surface area contributed by atoms with E-state index in [4.69, 9.17) is 25.8 Å². The van der Waals surface area contributed by atoms with Crippen molar-refractivity contribution in [2.75, 3.05) is 64.6 Å². The van der Waals surface area contributed by atoms with Crippen LogP contribution < -0.4 is 14.4 Å². The number of methoxy groups -OCH3 is 1. The van der Waals surface area contributed by atoms with Crippen molar-refractivity contribution in [1.29, 1.82) is 0 Å². The van der Waals surface area contributed by atoms with Gasteiger partial charge in [-0.25, -0.2) is 9.55 Å². The first-order valence-corrected chi connectivity index (χ1v) is 21.0. The molecule has 58 heavy (non-hydrogen) atoms. The van der Waals surface area contributed by atoms with Crippen molar-refractivity contribution in [3.05, 3.63) is 111 Å². The zero-order valence-electron chi connectivity index (χ0n) is 32.6.